The van der Waals surface area contributed by atoms with Gasteiger partial charge in [0.2, 0.25) is 0 Å². The molecule has 0 radical (unpaired) electrons. The summed E-state index contributed by atoms with van der Waals surface area (Å²) in [7, 11) is 0. The number of fused-ring (bicyclic) bond motifs is 1. The third kappa shape index (κ3) is 2.56. The molecular weight excluding hydrogens is 268 g/mol. The summed E-state index contributed by atoms with van der Waals surface area (Å²) in [6.07, 6.45) is 0. The average molecular weight is 286 g/mol. The molecule has 1 amide bonds. The predicted molar refractivity (Wildman–Crippen MR) is 80.7 cm³/mol. The highest BCUT2D eigenvalue weighted by atomic mass is 16.5. The standard InChI is InChI=1S/C15H18N4O2/c1-8(16-15-9(2)18-19-10(15)3)11-4-5-13-12(6-11)17-14(20)7-21-13/h4-6,8,16H,7H2,1-3H3,(H,17,20)(H,18,19). The number of nitrogens with one attached hydrogen (secondary N) is 3. The maximum Gasteiger partial charge on any atom is 0.262 e. The number of carbonyl (C=O) groups excluding carboxylic acids is 1. The number of anilines is 2. The molecule has 6 nitrogen and oxygen atoms in total. The number of aromatic nitrogens is 2. The summed E-state index contributed by atoms with van der Waals surface area (Å²) in [5, 5.41) is 13.4. The van der Waals surface area contributed by atoms with Crippen LogP contribution < -0.4 is 15.4 Å². The Bertz CT molecular complexity index is 673. The Morgan fingerprint density at radius 3 is 2.90 bits per heavy atom. The van der Waals surface area contributed by atoms with Crippen LogP contribution in [-0.4, -0.2) is 22.7 Å². The highest BCUT2D eigenvalue weighted by Crippen LogP contribution is 2.32. The second-order valence-electron chi connectivity index (χ2n) is 5.27. The summed E-state index contributed by atoms with van der Waals surface area (Å²) >= 11 is 0. The van der Waals surface area contributed by atoms with Gasteiger partial charge >= 0.3 is 0 Å². The van der Waals surface area contributed by atoms with Crippen molar-refractivity contribution in [3.63, 3.8) is 0 Å². The highest BCUT2D eigenvalue weighted by Gasteiger charge is 2.18. The Morgan fingerprint density at radius 2 is 2.19 bits per heavy atom. The summed E-state index contributed by atoms with van der Waals surface area (Å²) in [4.78, 5) is 11.4. The molecule has 0 saturated carbocycles. The predicted octanol–water partition coefficient (Wildman–Crippen LogP) is 2.53. The van der Waals surface area contributed by atoms with E-state index >= 15 is 0 Å². The van der Waals surface area contributed by atoms with Gasteiger partial charge in [-0.2, -0.15) is 5.10 Å². The van der Waals surface area contributed by atoms with Crippen LogP contribution in [0, 0.1) is 13.8 Å². The molecule has 3 rings (SSSR count). The van der Waals surface area contributed by atoms with Crippen molar-refractivity contribution in [1.82, 2.24) is 10.2 Å². The number of aryl methyl sites for hydroxylation is 2. The third-order valence-corrected chi connectivity index (χ3v) is 3.63. The summed E-state index contributed by atoms with van der Waals surface area (Å²) in [6.45, 7) is 6.09. The molecule has 2 heterocycles. The fourth-order valence-electron chi connectivity index (χ4n) is 2.43. The van der Waals surface area contributed by atoms with Crippen molar-refractivity contribution >= 4 is 17.3 Å². The first-order valence-corrected chi connectivity index (χ1v) is 6.89. The van der Waals surface area contributed by atoms with Crippen LogP contribution in [0.4, 0.5) is 11.4 Å². The van der Waals surface area contributed by atoms with Crippen LogP contribution >= 0.6 is 0 Å². The highest BCUT2D eigenvalue weighted by molar-refractivity contribution is 5.95. The molecule has 6 heteroatoms. The van der Waals surface area contributed by atoms with Gasteiger partial charge in [-0.15, -0.1) is 0 Å². The van der Waals surface area contributed by atoms with Gasteiger partial charge in [0.25, 0.3) is 5.91 Å². The van der Waals surface area contributed by atoms with Crippen LogP contribution in [-0.2, 0) is 4.79 Å². The van der Waals surface area contributed by atoms with Crippen molar-refractivity contribution < 1.29 is 9.53 Å². The van der Waals surface area contributed by atoms with Gasteiger partial charge in [0.1, 0.15) is 5.75 Å². The number of carbonyl (C=O) groups is 1. The monoisotopic (exact) mass is 286 g/mol. The number of nitrogens with zero attached hydrogens (tertiary/aromatic N) is 1. The van der Waals surface area contributed by atoms with Crippen LogP contribution in [0.25, 0.3) is 0 Å². The maximum absolute atomic E-state index is 11.4. The molecule has 1 atom stereocenters. The van der Waals surface area contributed by atoms with E-state index in [0.29, 0.717) is 5.75 Å². The molecule has 1 unspecified atom stereocenters. The lowest BCUT2D eigenvalue weighted by Crippen LogP contribution is -2.25. The molecule has 3 N–H and O–H groups in total. The van der Waals surface area contributed by atoms with Crippen LogP contribution in [0.2, 0.25) is 0 Å². The average Bonchev–Trinajstić information content (AvgIpc) is 2.78. The Labute approximate surface area is 122 Å². The van der Waals surface area contributed by atoms with Gasteiger partial charge in [-0.1, -0.05) is 6.07 Å². The van der Waals surface area contributed by atoms with Gasteiger partial charge in [0.05, 0.1) is 22.8 Å². The zero-order valence-corrected chi connectivity index (χ0v) is 12.3. The zero-order valence-electron chi connectivity index (χ0n) is 12.3. The maximum atomic E-state index is 11.4. The van der Waals surface area contributed by atoms with E-state index in [1.54, 1.807) is 0 Å². The van der Waals surface area contributed by atoms with Gasteiger partial charge in [-0.3, -0.25) is 9.89 Å². The molecule has 21 heavy (non-hydrogen) atoms. The van der Waals surface area contributed by atoms with Crippen molar-refractivity contribution in [3.8, 4) is 5.75 Å². The number of H-pyrrole nitrogens is 1. The molecule has 0 fully saturated rings. The number of aromatic amines is 1. The molecule has 1 aliphatic rings. The first-order chi connectivity index (χ1) is 10.0. The quantitative estimate of drug-likeness (QED) is 0.810. The fourth-order valence-corrected chi connectivity index (χ4v) is 2.43. The number of hydrogen-bond donors (Lipinski definition) is 3. The molecule has 2 aromatic rings. The van der Waals surface area contributed by atoms with Gasteiger partial charge in [0, 0.05) is 6.04 Å². The van der Waals surface area contributed by atoms with E-state index in [1.165, 1.54) is 0 Å². The first-order valence-electron chi connectivity index (χ1n) is 6.89. The van der Waals surface area contributed by atoms with Crippen molar-refractivity contribution in [2.45, 2.75) is 26.8 Å². The number of benzene rings is 1. The lowest BCUT2D eigenvalue weighted by atomic mass is 10.1. The van der Waals surface area contributed by atoms with Gasteiger partial charge < -0.3 is 15.4 Å². The Balaban J connectivity index is 1.83. The lowest BCUT2D eigenvalue weighted by molar-refractivity contribution is -0.118. The van der Waals surface area contributed by atoms with E-state index in [2.05, 4.69) is 27.8 Å². The molecule has 0 aliphatic carbocycles. The molecule has 1 aromatic carbocycles. The van der Waals surface area contributed by atoms with Crippen LogP contribution in [0.15, 0.2) is 18.2 Å². The number of rotatable bonds is 3. The van der Waals surface area contributed by atoms with Crippen LogP contribution in [0.5, 0.6) is 5.75 Å². The fraction of sp³-hybridized carbons (Fsp3) is 0.333. The van der Waals surface area contributed by atoms with Gasteiger partial charge in [0.15, 0.2) is 6.61 Å². The molecule has 0 spiro atoms. The Morgan fingerprint density at radius 1 is 1.38 bits per heavy atom. The molecule has 110 valence electrons. The van der Waals surface area contributed by atoms with Crippen molar-refractivity contribution in [2.24, 2.45) is 0 Å². The van der Waals surface area contributed by atoms with E-state index in [0.717, 1.165) is 28.3 Å². The second kappa shape index (κ2) is 5.12. The van der Waals surface area contributed by atoms with E-state index in [-0.39, 0.29) is 18.6 Å². The van der Waals surface area contributed by atoms with E-state index in [9.17, 15) is 4.79 Å². The first kappa shape index (κ1) is 13.5. The molecule has 1 aromatic heterocycles. The van der Waals surface area contributed by atoms with E-state index < -0.39 is 0 Å². The lowest BCUT2D eigenvalue weighted by Gasteiger charge is -2.21. The topological polar surface area (TPSA) is 79.0 Å². The largest absolute Gasteiger partial charge is 0.482 e. The number of ether oxygens (including phenoxy) is 1. The van der Waals surface area contributed by atoms with Crippen molar-refractivity contribution in [3.05, 3.63) is 35.2 Å². The zero-order chi connectivity index (χ0) is 15.0. The Kier molecular flexibility index (Phi) is 3.29. The summed E-state index contributed by atoms with van der Waals surface area (Å²) in [5.41, 5.74) is 4.75. The van der Waals surface area contributed by atoms with Crippen LogP contribution in [0.3, 0.4) is 0 Å². The minimum absolute atomic E-state index is 0.0769. The molecular formula is C15H18N4O2. The van der Waals surface area contributed by atoms with E-state index in [1.807, 2.05) is 32.0 Å². The van der Waals surface area contributed by atoms with Gasteiger partial charge in [-0.05, 0) is 38.5 Å². The minimum Gasteiger partial charge on any atom is -0.482 e. The Hall–Kier alpha value is -2.50. The van der Waals surface area contributed by atoms with Gasteiger partial charge in [-0.25, -0.2) is 0 Å². The summed E-state index contributed by atoms with van der Waals surface area (Å²) in [6, 6.07) is 5.91. The summed E-state index contributed by atoms with van der Waals surface area (Å²) in [5.74, 6) is 0.586. The molecule has 0 bridgehead atoms. The van der Waals surface area contributed by atoms with Crippen molar-refractivity contribution in [1.29, 1.82) is 0 Å². The second-order valence-corrected chi connectivity index (χ2v) is 5.27. The summed E-state index contributed by atoms with van der Waals surface area (Å²) < 4.78 is 5.37. The minimum atomic E-state index is -0.123. The van der Waals surface area contributed by atoms with Crippen molar-refractivity contribution in [2.75, 3.05) is 17.2 Å². The number of amides is 1. The number of hydrogen-bond acceptors (Lipinski definition) is 4. The van der Waals surface area contributed by atoms with Crippen LogP contribution in [0.1, 0.15) is 29.9 Å². The van der Waals surface area contributed by atoms with E-state index in [4.69, 9.17) is 4.74 Å². The smallest absolute Gasteiger partial charge is 0.262 e. The normalized spacial score (nSPS) is 14.9. The molecule has 1 aliphatic heterocycles. The molecule has 0 saturated heterocycles. The third-order valence-electron chi connectivity index (χ3n) is 3.63. The SMILES string of the molecule is Cc1n[nH]c(C)c1NC(C)c1ccc2c(c1)NC(=O)CO2.